The van der Waals surface area contributed by atoms with Crippen LogP contribution in [0, 0.1) is 5.92 Å². The highest BCUT2D eigenvalue weighted by atomic mass is 32.2. The number of aromatic amines is 1. The number of rotatable bonds is 6. The van der Waals surface area contributed by atoms with Crippen LogP contribution >= 0.6 is 11.8 Å². The van der Waals surface area contributed by atoms with E-state index in [1.54, 1.807) is 16.3 Å². The van der Waals surface area contributed by atoms with Gasteiger partial charge in [0.1, 0.15) is 0 Å². The first-order chi connectivity index (χ1) is 7.56. The highest BCUT2D eigenvalue weighted by Crippen LogP contribution is 2.19. The smallest absolute Gasteiger partial charge is 0.319 e. The molecule has 2 N–H and O–H groups in total. The Labute approximate surface area is 100 Å². The van der Waals surface area contributed by atoms with Crippen LogP contribution in [-0.4, -0.2) is 34.1 Å². The van der Waals surface area contributed by atoms with E-state index in [9.17, 15) is 4.79 Å². The molecule has 1 aromatic heterocycles. The van der Waals surface area contributed by atoms with Crippen molar-refractivity contribution in [3.05, 3.63) is 10.5 Å². The summed E-state index contributed by atoms with van der Waals surface area (Å²) in [4.78, 5) is 11.5. The van der Waals surface area contributed by atoms with Gasteiger partial charge in [-0.2, -0.15) is 0 Å². The second-order valence-electron chi connectivity index (χ2n) is 4.25. The van der Waals surface area contributed by atoms with Gasteiger partial charge in [0.05, 0.1) is 0 Å². The van der Waals surface area contributed by atoms with E-state index < -0.39 is 0 Å². The fraction of sp³-hybridized carbons (Fsp3) is 0.800. The molecule has 0 bridgehead atoms. The first-order valence-electron chi connectivity index (χ1n) is 5.50. The van der Waals surface area contributed by atoms with Gasteiger partial charge in [-0.15, -0.1) is 5.10 Å². The van der Waals surface area contributed by atoms with Gasteiger partial charge >= 0.3 is 5.69 Å². The number of nitrogens with zero attached hydrogens (tertiary/aromatic N) is 2. The van der Waals surface area contributed by atoms with Crippen LogP contribution in [0.25, 0.3) is 0 Å². The third kappa shape index (κ3) is 3.38. The van der Waals surface area contributed by atoms with E-state index in [0.717, 1.165) is 17.5 Å². The molecule has 0 fully saturated rings. The van der Waals surface area contributed by atoms with Crippen LogP contribution in [0.2, 0.25) is 0 Å². The maximum absolute atomic E-state index is 11.5. The molecular weight excluding hydrogens is 224 g/mol. The monoisotopic (exact) mass is 244 g/mol. The molecule has 1 aromatic rings. The molecule has 0 aliphatic carbocycles. The first kappa shape index (κ1) is 13.3. The number of nitrogens with one attached hydrogen (secondary N) is 2. The van der Waals surface area contributed by atoms with Crippen molar-refractivity contribution in [1.29, 1.82) is 0 Å². The Morgan fingerprint density at radius 1 is 1.50 bits per heavy atom. The van der Waals surface area contributed by atoms with E-state index in [0.29, 0.717) is 5.92 Å². The van der Waals surface area contributed by atoms with Gasteiger partial charge in [-0.1, -0.05) is 18.7 Å². The molecule has 0 radical (unpaired) electrons. The molecule has 1 rings (SSSR count). The Bertz CT molecular complexity index is 371. The van der Waals surface area contributed by atoms with E-state index >= 15 is 0 Å². The van der Waals surface area contributed by atoms with Gasteiger partial charge in [0.15, 0.2) is 5.16 Å². The van der Waals surface area contributed by atoms with Crippen molar-refractivity contribution in [2.75, 3.05) is 19.3 Å². The number of H-pyrrole nitrogens is 1. The van der Waals surface area contributed by atoms with Gasteiger partial charge in [-0.25, -0.2) is 9.89 Å². The van der Waals surface area contributed by atoms with Crippen LogP contribution < -0.4 is 11.0 Å². The Balaban J connectivity index is 2.64. The lowest BCUT2D eigenvalue weighted by Gasteiger charge is -2.11. The summed E-state index contributed by atoms with van der Waals surface area (Å²) in [5, 5.41) is 10.4. The van der Waals surface area contributed by atoms with Crippen LogP contribution in [0.4, 0.5) is 0 Å². The third-order valence-electron chi connectivity index (χ3n) is 2.24. The molecule has 0 aliphatic rings. The summed E-state index contributed by atoms with van der Waals surface area (Å²) in [7, 11) is 1.94. The van der Waals surface area contributed by atoms with Crippen molar-refractivity contribution < 1.29 is 0 Å². The van der Waals surface area contributed by atoms with Crippen molar-refractivity contribution in [2.24, 2.45) is 5.92 Å². The van der Waals surface area contributed by atoms with E-state index in [1.165, 1.54) is 0 Å². The molecule has 92 valence electrons. The number of hydrogen-bond donors (Lipinski definition) is 2. The van der Waals surface area contributed by atoms with Gasteiger partial charge in [-0.05, 0) is 33.4 Å². The molecule has 0 amide bonds. The zero-order chi connectivity index (χ0) is 12.1. The highest BCUT2D eigenvalue weighted by molar-refractivity contribution is 7.99. The summed E-state index contributed by atoms with van der Waals surface area (Å²) in [6, 6.07) is 0.147. The number of thioether (sulfide) groups is 1. The van der Waals surface area contributed by atoms with E-state index in [4.69, 9.17) is 0 Å². The molecule has 0 aliphatic heterocycles. The molecule has 1 atom stereocenters. The molecule has 6 heteroatoms. The van der Waals surface area contributed by atoms with Gasteiger partial charge < -0.3 is 5.32 Å². The topological polar surface area (TPSA) is 62.7 Å². The SMILES string of the molecule is CNCC(C)CSc1n[nH]c(=O)n1C(C)C. The van der Waals surface area contributed by atoms with Crippen molar-refractivity contribution >= 4 is 11.8 Å². The van der Waals surface area contributed by atoms with Crippen LogP contribution in [-0.2, 0) is 0 Å². The fourth-order valence-corrected chi connectivity index (χ4v) is 2.57. The summed E-state index contributed by atoms with van der Waals surface area (Å²) < 4.78 is 1.69. The molecule has 5 nitrogen and oxygen atoms in total. The molecule has 0 aromatic carbocycles. The molecule has 16 heavy (non-hydrogen) atoms. The Kier molecular flexibility index (Phi) is 5.08. The van der Waals surface area contributed by atoms with Crippen LogP contribution in [0.5, 0.6) is 0 Å². The molecule has 1 unspecified atom stereocenters. The average molecular weight is 244 g/mol. The molecule has 0 spiro atoms. The standard InChI is InChI=1S/C10H20N4OS/c1-7(2)14-9(15)12-13-10(14)16-6-8(3)5-11-4/h7-8,11H,5-6H2,1-4H3,(H,12,15). The summed E-state index contributed by atoms with van der Waals surface area (Å²) in [5.41, 5.74) is -0.126. The quantitative estimate of drug-likeness (QED) is 0.736. The summed E-state index contributed by atoms with van der Waals surface area (Å²) in [6.07, 6.45) is 0. The molecule has 0 saturated heterocycles. The highest BCUT2D eigenvalue weighted by Gasteiger charge is 2.12. The minimum Gasteiger partial charge on any atom is -0.319 e. The van der Waals surface area contributed by atoms with E-state index in [-0.39, 0.29) is 11.7 Å². The predicted molar refractivity (Wildman–Crippen MR) is 67.0 cm³/mol. The van der Waals surface area contributed by atoms with Crippen LogP contribution in [0.1, 0.15) is 26.8 Å². The third-order valence-corrected chi connectivity index (χ3v) is 3.52. The maximum Gasteiger partial charge on any atom is 0.344 e. The van der Waals surface area contributed by atoms with E-state index in [1.807, 2.05) is 20.9 Å². The lowest BCUT2D eigenvalue weighted by Crippen LogP contribution is -2.20. The normalized spacial score (nSPS) is 13.3. The minimum atomic E-state index is -0.126. The predicted octanol–water partition coefficient (Wildman–Crippen LogP) is 1.10. The Hall–Kier alpha value is -0.750. The van der Waals surface area contributed by atoms with Crippen molar-refractivity contribution in [3.8, 4) is 0 Å². The molecule has 0 saturated carbocycles. The van der Waals surface area contributed by atoms with Crippen LogP contribution in [0.3, 0.4) is 0 Å². The zero-order valence-corrected chi connectivity index (χ0v) is 11.1. The lowest BCUT2D eigenvalue weighted by molar-refractivity contribution is 0.532. The van der Waals surface area contributed by atoms with Gasteiger partial charge in [0, 0.05) is 11.8 Å². The summed E-state index contributed by atoms with van der Waals surface area (Å²) >= 11 is 1.62. The number of hydrogen-bond acceptors (Lipinski definition) is 4. The Morgan fingerprint density at radius 3 is 2.75 bits per heavy atom. The second-order valence-corrected chi connectivity index (χ2v) is 5.24. The van der Waals surface area contributed by atoms with Gasteiger partial charge in [-0.3, -0.25) is 4.57 Å². The fourth-order valence-electron chi connectivity index (χ4n) is 1.47. The molecular formula is C10H20N4OS. The second kappa shape index (κ2) is 6.10. The van der Waals surface area contributed by atoms with E-state index in [2.05, 4.69) is 22.4 Å². The lowest BCUT2D eigenvalue weighted by atomic mass is 10.2. The van der Waals surface area contributed by atoms with Crippen molar-refractivity contribution in [2.45, 2.75) is 32.0 Å². The largest absolute Gasteiger partial charge is 0.344 e. The minimum absolute atomic E-state index is 0.126. The Morgan fingerprint density at radius 2 is 2.19 bits per heavy atom. The van der Waals surface area contributed by atoms with Gasteiger partial charge in [0.25, 0.3) is 0 Å². The number of aromatic nitrogens is 3. The average Bonchev–Trinajstić information content (AvgIpc) is 2.57. The van der Waals surface area contributed by atoms with Gasteiger partial charge in [0.2, 0.25) is 0 Å². The molecule has 1 heterocycles. The summed E-state index contributed by atoms with van der Waals surface area (Å²) in [5.74, 6) is 1.51. The maximum atomic E-state index is 11.5. The summed E-state index contributed by atoms with van der Waals surface area (Å²) in [6.45, 7) is 7.12. The van der Waals surface area contributed by atoms with Crippen molar-refractivity contribution in [1.82, 2.24) is 20.1 Å². The van der Waals surface area contributed by atoms with Crippen LogP contribution in [0.15, 0.2) is 9.95 Å². The first-order valence-corrected chi connectivity index (χ1v) is 6.49. The van der Waals surface area contributed by atoms with Crippen molar-refractivity contribution in [3.63, 3.8) is 0 Å². The zero-order valence-electron chi connectivity index (χ0n) is 10.3.